The van der Waals surface area contributed by atoms with Gasteiger partial charge in [0.05, 0.1) is 18.7 Å². The highest BCUT2D eigenvalue weighted by molar-refractivity contribution is 8.00. The predicted octanol–water partition coefficient (Wildman–Crippen LogP) is 4.96. The molecule has 0 spiro atoms. The van der Waals surface area contributed by atoms with Crippen LogP contribution < -0.4 is 14.8 Å². The van der Waals surface area contributed by atoms with Gasteiger partial charge in [-0.15, -0.1) is 10.2 Å². The van der Waals surface area contributed by atoms with Gasteiger partial charge in [-0.1, -0.05) is 47.4 Å². The van der Waals surface area contributed by atoms with Crippen LogP contribution in [0.4, 0.5) is 13.9 Å². The lowest BCUT2D eigenvalue weighted by Crippen LogP contribution is -2.08. The fourth-order valence-corrected chi connectivity index (χ4v) is 4.20. The third-order valence-electron chi connectivity index (χ3n) is 3.93. The number of nitriles is 1. The Morgan fingerprint density at radius 1 is 1.28 bits per heavy atom. The van der Waals surface area contributed by atoms with Gasteiger partial charge < -0.3 is 9.47 Å². The Kier molecular flexibility index (Phi) is 8.13. The number of halogens is 2. The minimum absolute atomic E-state index is 0.126. The molecule has 164 valence electrons. The van der Waals surface area contributed by atoms with Gasteiger partial charge in [-0.25, -0.2) is 0 Å². The van der Waals surface area contributed by atoms with Crippen molar-refractivity contribution in [1.29, 1.82) is 5.26 Å². The van der Waals surface area contributed by atoms with E-state index in [2.05, 4.69) is 26.3 Å². The number of carbonyl (C=O) groups excluding carboxylic acids is 1. The molecule has 3 rings (SSSR count). The first kappa shape index (κ1) is 23.2. The summed E-state index contributed by atoms with van der Waals surface area (Å²) in [6, 6.07) is 13.9. The molecule has 32 heavy (non-hydrogen) atoms. The van der Waals surface area contributed by atoms with Crippen LogP contribution in [0.15, 0.2) is 52.9 Å². The average Bonchev–Trinajstić information content (AvgIpc) is 3.24. The monoisotopic (exact) mass is 474 g/mol. The molecule has 7 nitrogen and oxygen atoms in total. The van der Waals surface area contributed by atoms with Crippen LogP contribution in [0.25, 0.3) is 6.08 Å². The highest BCUT2D eigenvalue weighted by atomic mass is 32.2. The molecule has 1 amide bonds. The summed E-state index contributed by atoms with van der Waals surface area (Å²) in [5.41, 5.74) is 1.88. The lowest BCUT2D eigenvalue weighted by atomic mass is 10.1. The molecule has 0 fully saturated rings. The van der Waals surface area contributed by atoms with Gasteiger partial charge in [0, 0.05) is 17.4 Å². The molecule has 0 atom stereocenters. The first-order valence-corrected chi connectivity index (χ1v) is 10.8. The van der Waals surface area contributed by atoms with Crippen LogP contribution >= 0.6 is 23.1 Å². The van der Waals surface area contributed by atoms with Crippen molar-refractivity contribution in [2.45, 2.75) is 16.7 Å². The largest absolute Gasteiger partial charge is 0.493 e. The van der Waals surface area contributed by atoms with E-state index in [0.29, 0.717) is 20.8 Å². The summed E-state index contributed by atoms with van der Waals surface area (Å²) < 4.78 is 35.6. The molecular formula is C21H16F2N4O3S2. The summed E-state index contributed by atoms with van der Waals surface area (Å²) in [5.74, 6) is 0.0969. The van der Waals surface area contributed by atoms with Crippen LogP contribution in [0.2, 0.25) is 0 Å². The van der Waals surface area contributed by atoms with Crippen molar-refractivity contribution in [3.63, 3.8) is 0 Å². The Morgan fingerprint density at radius 2 is 2.06 bits per heavy atom. The standard InChI is InChI=1S/C21H16F2N4O3S2/c1-29-16-4-2-3-15(18(16)30-19(22)23)9-10-17(28)25-20-26-27-21(32-20)31-12-14-7-5-13(11-24)6-8-14/h2-10,19H,12H2,1H3,(H,25,26,28)/b10-9+. The number of ether oxygens (including phenoxy) is 2. The number of benzene rings is 2. The van der Waals surface area contributed by atoms with E-state index in [1.807, 2.05) is 12.1 Å². The summed E-state index contributed by atoms with van der Waals surface area (Å²) in [4.78, 5) is 12.2. The van der Waals surface area contributed by atoms with E-state index in [4.69, 9.17) is 10.00 Å². The van der Waals surface area contributed by atoms with Gasteiger partial charge in [0.15, 0.2) is 15.8 Å². The second-order valence-corrected chi connectivity index (χ2v) is 8.25. The van der Waals surface area contributed by atoms with Gasteiger partial charge in [0.25, 0.3) is 0 Å². The van der Waals surface area contributed by atoms with Crippen LogP contribution in [-0.2, 0) is 10.5 Å². The van der Waals surface area contributed by atoms with E-state index < -0.39 is 12.5 Å². The number of rotatable bonds is 9. The number of nitrogens with one attached hydrogen (secondary N) is 1. The minimum Gasteiger partial charge on any atom is -0.493 e. The molecule has 0 aliphatic rings. The molecule has 0 aliphatic heterocycles. The Bertz CT molecular complexity index is 1140. The van der Waals surface area contributed by atoms with Gasteiger partial charge in [-0.3, -0.25) is 10.1 Å². The van der Waals surface area contributed by atoms with Crippen LogP contribution in [0.3, 0.4) is 0 Å². The number of hydrogen-bond donors (Lipinski definition) is 1. The van der Waals surface area contributed by atoms with Crippen molar-refractivity contribution in [2.24, 2.45) is 0 Å². The van der Waals surface area contributed by atoms with E-state index in [1.165, 1.54) is 54.5 Å². The van der Waals surface area contributed by atoms with Gasteiger partial charge in [-0.05, 0) is 29.8 Å². The zero-order chi connectivity index (χ0) is 22.9. The summed E-state index contributed by atoms with van der Waals surface area (Å²) in [6.45, 7) is -3.03. The van der Waals surface area contributed by atoms with Gasteiger partial charge in [0.2, 0.25) is 11.0 Å². The Morgan fingerprint density at radius 3 is 2.75 bits per heavy atom. The summed E-state index contributed by atoms with van der Waals surface area (Å²) >= 11 is 2.65. The number of methoxy groups -OCH3 is 1. The zero-order valence-corrected chi connectivity index (χ0v) is 18.3. The molecule has 0 saturated heterocycles. The number of para-hydroxylation sites is 1. The van der Waals surface area contributed by atoms with Crippen molar-refractivity contribution in [3.05, 3.63) is 65.2 Å². The number of hydrogen-bond acceptors (Lipinski definition) is 8. The van der Waals surface area contributed by atoms with Crippen molar-refractivity contribution in [2.75, 3.05) is 12.4 Å². The van der Waals surface area contributed by atoms with E-state index in [-0.39, 0.29) is 17.1 Å². The molecule has 1 N–H and O–H groups in total. The van der Waals surface area contributed by atoms with Crippen LogP contribution in [0, 0.1) is 11.3 Å². The van der Waals surface area contributed by atoms with Crippen molar-refractivity contribution in [1.82, 2.24) is 10.2 Å². The number of nitrogens with zero attached hydrogens (tertiary/aromatic N) is 3. The minimum atomic E-state index is -3.03. The third-order valence-corrected chi connectivity index (χ3v) is 5.98. The highest BCUT2D eigenvalue weighted by Gasteiger charge is 2.14. The van der Waals surface area contributed by atoms with Gasteiger partial charge in [-0.2, -0.15) is 14.0 Å². The van der Waals surface area contributed by atoms with E-state index in [1.54, 1.807) is 18.2 Å². The molecule has 0 unspecified atom stereocenters. The quantitative estimate of drug-likeness (QED) is 0.266. The molecule has 2 aromatic carbocycles. The lowest BCUT2D eigenvalue weighted by Gasteiger charge is -2.12. The number of aromatic nitrogens is 2. The summed E-state index contributed by atoms with van der Waals surface area (Å²) in [6.07, 6.45) is 2.52. The highest BCUT2D eigenvalue weighted by Crippen LogP contribution is 2.33. The van der Waals surface area contributed by atoms with E-state index in [9.17, 15) is 13.6 Å². The maximum Gasteiger partial charge on any atom is 0.387 e. The third kappa shape index (κ3) is 6.50. The topological polar surface area (TPSA) is 97.1 Å². The lowest BCUT2D eigenvalue weighted by molar-refractivity contribution is -0.111. The second-order valence-electron chi connectivity index (χ2n) is 6.05. The maximum absolute atomic E-state index is 12.7. The van der Waals surface area contributed by atoms with Crippen molar-refractivity contribution < 1.29 is 23.0 Å². The number of alkyl halides is 2. The van der Waals surface area contributed by atoms with E-state index >= 15 is 0 Å². The molecule has 1 heterocycles. The predicted molar refractivity (Wildman–Crippen MR) is 118 cm³/mol. The number of amides is 1. The number of thioether (sulfide) groups is 1. The van der Waals surface area contributed by atoms with Gasteiger partial charge >= 0.3 is 6.61 Å². The molecular weight excluding hydrogens is 458 g/mol. The Hall–Kier alpha value is -3.49. The molecule has 0 aliphatic carbocycles. The van der Waals surface area contributed by atoms with Crippen molar-refractivity contribution >= 4 is 40.2 Å². The fourth-order valence-electron chi connectivity index (χ4n) is 2.49. The first-order chi connectivity index (χ1) is 15.5. The first-order valence-electron chi connectivity index (χ1n) is 9.04. The fraction of sp³-hybridized carbons (Fsp3) is 0.143. The smallest absolute Gasteiger partial charge is 0.387 e. The zero-order valence-electron chi connectivity index (χ0n) is 16.6. The SMILES string of the molecule is COc1cccc(/C=C/C(=O)Nc2nnc(SCc3ccc(C#N)cc3)s2)c1OC(F)F. The summed E-state index contributed by atoms with van der Waals surface area (Å²) in [7, 11) is 1.33. The molecule has 11 heteroatoms. The van der Waals surface area contributed by atoms with Crippen molar-refractivity contribution in [3.8, 4) is 17.6 Å². The van der Waals surface area contributed by atoms with Crippen LogP contribution in [0.5, 0.6) is 11.5 Å². The summed E-state index contributed by atoms with van der Waals surface area (Å²) in [5, 5.41) is 19.7. The van der Waals surface area contributed by atoms with Crippen LogP contribution in [0.1, 0.15) is 16.7 Å². The molecule has 1 aromatic heterocycles. The van der Waals surface area contributed by atoms with Crippen LogP contribution in [-0.4, -0.2) is 29.8 Å². The average molecular weight is 475 g/mol. The maximum atomic E-state index is 12.7. The Balaban J connectivity index is 1.59. The molecule has 0 bridgehead atoms. The number of anilines is 1. The molecule has 3 aromatic rings. The Labute approximate surface area is 190 Å². The second kappa shape index (κ2) is 11.2. The normalized spacial score (nSPS) is 10.8. The van der Waals surface area contributed by atoms with E-state index in [0.717, 1.165) is 5.56 Å². The molecule has 0 radical (unpaired) electrons. The molecule has 0 saturated carbocycles. The number of carbonyl (C=O) groups is 1. The van der Waals surface area contributed by atoms with Gasteiger partial charge in [0.1, 0.15) is 0 Å².